The predicted octanol–water partition coefficient (Wildman–Crippen LogP) is 3.72. The summed E-state index contributed by atoms with van der Waals surface area (Å²) in [7, 11) is 1.71. The van der Waals surface area contributed by atoms with Crippen molar-refractivity contribution in [2.45, 2.75) is 36.4 Å². The van der Waals surface area contributed by atoms with Crippen LogP contribution in [0, 0.1) is 0 Å². The number of ether oxygens (including phenoxy) is 1. The van der Waals surface area contributed by atoms with Gasteiger partial charge in [-0.05, 0) is 30.7 Å². The van der Waals surface area contributed by atoms with Crippen LogP contribution in [0.1, 0.15) is 41.2 Å². The van der Waals surface area contributed by atoms with Crippen LogP contribution in [0.4, 0.5) is 0 Å². The second-order valence-corrected chi connectivity index (χ2v) is 8.76. The van der Waals surface area contributed by atoms with Gasteiger partial charge in [0.2, 0.25) is 0 Å². The van der Waals surface area contributed by atoms with Crippen molar-refractivity contribution in [2.75, 3.05) is 32.6 Å². The third-order valence-corrected chi connectivity index (χ3v) is 6.62. The van der Waals surface area contributed by atoms with Gasteiger partial charge in [-0.3, -0.25) is 4.79 Å². The zero-order valence-electron chi connectivity index (χ0n) is 14.8. The lowest BCUT2D eigenvalue weighted by atomic mass is 9.97. The lowest BCUT2D eigenvalue weighted by Gasteiger charge is -2.32. The second-order valence-electron chi connectivity index (χ2n) is 6.11. The van der Waals surface area contributed by atoms with E-state index in [9.17, 15) is 4.79 Å². The molecule has 0 unspecified atom stereocenters. The van der Waals surface area contributed by atoms with Crippen LogP contribution in [0.5, 0.6) is 0 Å². The van der Waals surface area contributed by atoms with Crippen LogP contribution in [0.25, 0.3) is 0 Å². The molecule has 1 amide bonds. The van der Waals surface area contributed by atoms with Gasteiger partial charge in [0.15, 0.2) is 0 Å². The number of carbonyl (C=O) groups excluding carboxylic acids is 1. The van der Waals surface area contributed by atoms with Crippen molar-refractivity contribution >= 4 is 29.0 Å². The van der Waals surface area contributed by atoms with Gasteiger partial charge in [0.05, 0.1) is 15.7 Å². The van der Waals surface area contributed by atoms with Gasteiger partial charge in [-0.1, -0.05) is 6.92 Å². The van der Waals surface area contributed by atoms with Crippen molar-refractivity contribution in [3.8, 4) is 0 Å². The molecule has 1 atom stereocenters. The lowest BCUT2D eigenvalue weighted by Crippen LogP contribution is -2.39. The molecule has 0 radical (unpaired) electrons. The summed E-state index contributed by atoms with van der Waals surface area (Å²) in [4.78, 5) is 20.3. The fraction of sp³-hybridized carbons (Fsp3) is 0.556. The van der Waals surface area contributed by atoms with Crippen molar-refractivity contribution in [2.24, 2.45) is 0 Å². The maximum absolute atomic E-state index is 12.9. The van der Waals surface area contributed by atoms with E-state index >= 15 is 0 Å². The van der Waals surface area contributed by atoms with E-state index in [1.54, 1.807) is 30.2 Å². The van der Waals surface area contributed by atoms with Crippen LogP contribution in [-0.4, -0.2) is 52.9 Å². The molecule has 25 heavy (non-hydrogen) atoms. The molecule has 2 aromatic rings. The van der Waals surface area contributed by atoms with E-state index in [0.29, 0.717) is 12.5 Å². The summed E-state index contributed by atoms with van der Waals surface area (Å²) in [6, 6.07) is 4.03. The largest absolute Gasteiger partial charge is 0.383 e. The van der Waals surface area contributed by atoms with Gasteiger partial charge < -0.3 is 14.2 Å². The van der Waals surface area contributed by atoms with Crippen LogP contribution in [0.3, 0.4) is 0 Å². The van der Waals surface area contributed by atoms with E-state index in [2.05, 4.69) is 22.5 Å². The Bertz CT molecular complexity index is 698. The molecule has 0 aromatic carbocycles. The van der Waals surface area contributed by atoms with Gasteiger partial charge >= 0.3 is 0 Å². The number of thiophene rings is 1. The summed E-state index contributed by atoms with van der Waals surface area (Å²) in [6.07, 6.45) is 5.95. The predicted molar refractivity (Wildman–Crippen MR) is 103 cm³/mol. The van der Waals surface area contributed by atoms with Crippen LogP contribution in [0.2, 0.25) is 0 Å². The molecule has 0 bridgehead atoms. The molecule has 136 valence electrons. The molecule has 0 saturated carbocycles. The summed E-state index contributed by atoms with van der Waals surface area (Å²) in [5, 5.41) is 0. The van der Waals surface area contributed by atoms with Crippen molar-refractivity contribution in [1.29, 1.82) is 0 Å². The molecular formula is C18H25N3O2S2. The SMILES string of the molecule is CCSc1ccc(C(=O)N2CCC[C@H](c3nccn3CCOC)C2)s1. The van der Waals surface area contributed by atoms with Gasteiger partial charge in [0.25, 0.3) is 5.91 Å². The van der Waals surface area contributed by atoms with Crippen LogP contribution < -0.4 is 0 Å². The standard InChI is InChI=1S/C18H25N3O2S2/c1-3-24-16-7-6-15(25-16)18(22)21-9-4-5-14(13-21)17-19-8-10-20(17)11-12-23-2/h6-8,10,14H,3-5,9,11-13H2,1-2H3/t14-/m0/s1. The number of piperidine rings is 1. The molecule has 3 rings (SSSR count). The van der Waals surface area contributed by atoms with Crippen molar-refractivity contribution in [1.82, 2.24) is 14.5 Å². The number of likely N-dealkylation sites (tertiary alicyclic amines) is 1. The number of hydrogen-bond acceptors (Lipinski definition) is 5. The first kappa shape index (κ1) is 18.5. The molecule has 1 aliphatic rings. The Morgan fingerprint density at radius 3 is 3.16 bits per heavy atom. The summed E-state index contributed by atoms with van der Waals surface area (Å²) in [6.45, 7) is 5.19. The fourth-order valence-corrected chi connectivity index (χ4v) is 5.26. The zero-order chi connectivity index (χ0) is 17.6. The average Bonchev–Trinajstić information content (AvgIpc) is 3.29. The van der Waals surface area contributed by atoms with Crippen LogP contribution >= 0.6 is 23.1 Å². The van der Waals surface area contributed by atoms with Crippen LogP contribution in [0.15, 0.2) is 28.7 Å². The van der Waals surface area contributed by atoms with Crippen LogP contribution in [-0.2, 0) is 11.3 Å². The van der Waals surface area contributed by atoms with Gasteiger partial charge in [-0.2, -0.15) is 0 Å². The molecule has 0 N–H and O–H groups in total. The highest BCUT2D eigenvalue weighted by Gasteiger charge is 2.28. The molecule has 2 aromatic heterocycles. The highest BCUT2D eigenvalue weighted by molar-refractivity contribution is 8.01. The Morgan fingerprint density at radius 1 is 1.48 bits per heavy atom. The van der Waals surface area contributed by atoms with Gasteiger partial charge in [-0.15, -0.1) is 23.1 Å². The Morgan fingerprint density at radius 2 is 2.36 bits per heavy atom. The molecule has 7 heteroatoms. The Kier molecular flexibility index (Phi) is 6.56. The summed E-state index contributed by atoms with van der Waals surface area (Å²) in [5.74, 6) is 2.56. The van der Waals surface area contributed by atoms with Crippen molar-refractivity contribution < 1.29 is 9.53 Å². The normalized spacial score (nSPS) is 17.8. The number of thioether (sulfide) groups is 1. The molecular weight excluding hydrogens is 354 g/mol. The van der Waals surface area contributed by atoms with E-state index in [4.69, 9.17) is 4.74 Å². The third kappa shape index (κ3) is 4.46. The van der Waals surface area contributed by atoms with Gasteiger partial charge in [0, 0.05) is 45.1 Å². The Hall–Kier alpha value is -1.31. The van der Waals surface area contributed by atoms with E-state index < -0.39 is 0 Å². The minimum atomic E-state index is 0.160. The van der Waals surface area contributed by atoms with E-state index in [1.165, 1.54) is 4.21 Å². The zero-order valence-corrected chi connectivity index (χ0v) is 16.4. The minimum absolute atomic E-state index is 0.160. The second kappa shape index (κ2) is 8.87. The van der Waals surface area contributed by atoms with E-state index in [0.717, 1.165) is 48.9 Å². The maximum atomic E-state index is 12.9. The maximum Gasteiger partial charge on any atom is 0.263 e. The number of hydrogen-bond donors (Lipinski definition) is 0. The topological polar surface area (TPSA) is 47.4 Å². The monoisotopic (exact) mass is 379 g/mol. The quantitative estimate of drug-likeness (QED) is 0.688. The molecule has 5 nitrogen and oxygen atoms in total. The highest BCUT2D eigenvalue weighted by Crippen LogP contribution is 2.31. The molecule has 1 aliphatic heterocycles. The lowest BCUT2D eigenvalue weighted by molar-refractivity contribution is 0.0707. The average molecular weight is 380 g/mol. The molecule has 1 saturated heterocycles. The number of imidazole rings is 1. The van der Waals surface area contributed by atoms with Crippen molar-refractivity contribution in [3.05, 3.63) is 35.2 Å². The number of rotatable bonds is 7. The number of amides is 1. The number of carbonyl (C=O) groups is 1. The van der Waals surface area contributed by atoms with Gasteiger partial charge in [-0.25, -0.2) is 4.98 Å². The first-order valence-electron chi connectivity index (χ1n) is 8.74. The number of methoxy groups -OCH3 is 1. The third-order valence-electron chi connectivity index (χ3n) is 4.44. The fourth-order valence-electron chi connectivity index (χ4n) is 3.24. The number of aromatic nitrogens is 2. The smallest absolute Gasteiger partial charge is 0.263 e. The summed E-state index contributed by atoms with van der Waals surface area (Å²) < 4.78 is 8.56. The summed E-state index contributed by atoms with van der Waals surface area (Å²) in [5.41, 5.74) is 0. The van der Waals surface area contributed by atoms with Gasteiger partial charge in [0.1, 0.15) is 5.82 Å². The molecule has 1 fully saturated rings. The molecule has 0 spiro atoms. The van der Waals surface area contributed by atoms with Crippen molar-refractivity contribution in [3.63, 3.8) is 0 Å². The number of nitrogens with zero attached hydrogens (tertiary/aromatic N) is 3. The molecule has 3 heterocycles. The van der Waals surface area contributed by atoms with E-state index in [1.807, 2.05) is 23.4 Å². The Balaban J connectivity index is 1.68. The Labute approximate surface area is 157 Å². The first-order chi connectivity index (χ1) is 12.2. The minimum Gasteiger partial charge on any atom is -0.383 e. The summed E-state index contributed by atoms with van der Waals surface area (Å²) >= 11 is 3.40. The highest BCUT2D eigenvalue weighted by atomic mass is 32.2. The van der Waals surface area contributed by atoms with E-state index in [-0.39, 0.29) is 5.91 Å². The molecule has 0 aliphatic carbocycles. The first-order valence-corrected chi connectivity index (χ1v) is 10.5.